The average molecular weight is 368 g/mol. The van der Waals surface area contributed by atoms with Crippen molar-refractivity contribution in [3.05, 3.63) is 24.3 Å². The summed E-state index contributed by atoms with van der Waals surface area (Å²) in [5.74, 6) is 0.554. The number of methoxy groups -OCH3 is 1. The van der Waals surface area contributed by atoms with Crippen LogP contribution < -0.4 is 15.4 Å². The molecule has 2 saturated heterocycles. The van der Waals surface area contributed by atoms with Crippen LogP contribution in [0.1, 0.15) is 25.7 Å². The van der Waals surface area contributed by atoms with Crippen molar-refractivity contribution in [2.45, 2.75) is 31.7 Å². The molecule has 7 heteroatoms. The lowest BCUT2D eigenvalue weighted by molar-refractivity contribution is -0.139. The van der Waals surface area contributed by atoms with Crippen LogP contribution in [0.4, 0.5) is 5.69 Å². The molecule has 6 nitrogen and oxygen atoms in total. The van der Waals surface area contributed by atoms with E-state index in [4.69, 9.17) is 10.5 Å². The zero-order chi connectivity index (χ0) is 17.1. The van der Waals surface area contributed by atoms with Gasteiger partial charge in [-0.15, -0.1) is 12.4 Å². The highest BCUT2D eigenvalue weighted by atomic mass is 35.5. The van der Waals surface area contributed by atoms with E-state index in [0.717, 1.165) is 37.2 Å². The highest BCUT2D eigenvalue weighted by molar-refractivity contribution is 6.00. The van der Waals surface area contributed by atoms with Crippen molar-refractivity contribution in [2.75, 3.05) is 31.6 Å². The van der Waals surface area contributed by atoms with Crippen LogP contribution in [0.2, 0.25) is 0 Å². The largest absolute Gasteiger partial charge is 0.497 e. The zero-order valence-electron chi connectivity index (χ0n) is 14.5. The molecule has 2 fully saturated rings. The molecule has 0 aliphatic carbocycles. The minimum absolute atomic E-state index is 0. The molecule has 0 spiro atoms. The summed E-state index contributed by atoms with van der Waals surface area (Å²) in [4.78, 5) is 28.8. The minimum atomic E-state index is -0.272. The van der Waals surface area contributed by atoms with Gasteiger partial charge in [0.05, 0.1) is 13.0 Å². The Morgan fingerprint density at radius 1 is 1.28 bits per heavy atom. The third kappa shape index (κ3) is 4.07. The van der Waals surface area contributed by atoms with Crippen molar-refractivity contribution < 1.29 is 14.3 Å². The Bertz CT molecular complexity index is 608. The number of carbonyl (C=O) groups excluding carboxylic acids is 2. The first-order chi connectivity index (χ1) is 11.6. The fraction of sp³-hybridized carbons (Fsp3) is 0.556. The van der Waals surface area contributed by atoms with Crippen LogP contribution in [0.15, 0.2) is 24.3 Å². The van der Waals surface area contributed by atoms with E-state index >= 15 is 0 Å². The molecule has 2 aliphatic heterocycles. The number of halogens is 1. The van der Waals surface area contributed by atoms with Crippen molar-refractivity contribution in [1.29, 1.82) is 0 Å². The van der Waals surface area contributed by atoms with Gasteiger partial charge in [-0.05, 0) is 43.5 Å². The standard InChI is InChI=1S/C18H25N3O3.ClH/c1-24-16-7-5-14(6-8-16)21-12-13(10-17(21)22)18(23)20-9-3-2-4-15(20)11-19;/h5-8,13,15H,2-4,9-12,19H2,1H3;1H. The highest BCUT2D eigenvalue weighted by Gasteiger charge is 2.39. The predicted molar refractivity (Wildman–Crippen MR) is 99.1 cm³/mol. The van der Waals surface area contributed by atoms with E-state index in [0.29, 0.717) is 13.1 Å². The number of ether oxygens (including phenoxy) is 1. The summed E-state index contributed by atoms with van der Waals surface area (Å²) in [6.45, 7) is 1.69. The molecule has 3 rings (SSSR count). The van der Waals surface area contributed by atoms with Gasteiger partial charge >= 0.3 is 0 Å². The fourth-order valence-electron chi connectivity index (χ4n) is 3.65. The second-order valence-electron chi connectivity index (χ2n) is 6.52. The average Bonchev–Trinajstić information content (AvgIpc) is 3.03. The molecule has 2 amide bonds. The first-order valence-corrected chi connectivity index (χ1v) is 8.59. The van der Waals surface area contributed by atoms with Gasteiger partial charge in [0, 0.05) is 37.8 Å². The van der Waals surface area contributed by atoms with Crippen LogP contribution in [-0.2, 0) is 9.59 Å². The first-order valence-electron chi connectivity index (χ1n) is 8.59. The van der Waals surface area contributed by atoms with Gasteiger partial charge in [-0.1, -0.05) is 0 Å². The van der Waals surface area contributed by atoms with Crippen LogP contribution in [0.25, 0.3) is 0 Å². The van der Waals surface area contributed by atoms with Crippen molar-refractivity contribution in [2.24, 2.45) is 11.7 Å². The number of piperidine rings is 1. The van der Waals surface area contributed by atoms with Crippen LogP contribution in [0.5, 0.6) is 5.75 Å². The summed E-state index contributed by atoms with van der Waals surface area (Å²) in [5.41, 5.74) is 6.63. The van der Waals surface area contributed by atoms with Crippen LogP contribution in [0.3, 0.4) is 0 Å². The van der Waals surface area contributed by atoms with Crippen LogP contribution >= 0.6 is 12.4 Å². The van der Waals surface area contributed by atoms with Gasteiger partial charge in [-0.2, -0.15) is 0 Å². The maximum atomic E-state index is 12.9. The fourth-order valence-corrected chi connectivity index (χ4v) is 3.65. The Hall–Kier alpha value is -1.79. The molecule has 2 aliphatic rings. The lowest BCUT2D eigenvalue weighted by Gasteiger charge is -2.36. The summed E-state index contributed by atoms with van der Waals surface area (Å²) >= 11 is 0. The van der Waals surface area contributed by atoms with Gasteiger partial charge in [0.25, 0.3) is 0 Å². The Kier molecular flexibility index (Phi) is 6.67. The minimum Gasteiger partial charge on any atom is -0.497 e. The van der Waals surface area contributed by atoms with E-state index in [2.05, 4.69) is 0 Å². The van der Waals surface area contributed by atoms with Gasteiger partial charge in [-0.3, -0.25) is 9.59 Å². The first kappa shape index (κ1) is 19.5. The van der Waals surface area contributed by atoms with Crippen LogP contribution in [-0.4, -0.2) is 49.5 Å². The molecule has 2 heterocycles. The zero-order valence-corrected chi connectivity index (χ0v) is 15.3. The summed E-state index contributed by atoms with van der Waals surface area (Å²) in [7, 11) is 1.61. The number of benzene rings is 1. The van der Waals surface area contributed by atoms with Gasteiger partial charge in [0.15, 0.2) is 0 Å². The molecule has 2 unspecified atom stereocenters. The van der Waals surface area contributed by atoms with E-state index in [-0.39, 0.29) is 42.6 Å². The number of nitrogens with two attached hydrogens (primary N) is 1. The Morgan fingerprint density at radius 3 is 2.64 bits per heavy atom. The lowest BCUT2D eigenvalue weighted by Crippen LogP contribution is -2.50. The normalized spacial score (nSPS) is 23.4. The van der Waals surface area contributed by atoms with Crippen molar-refractivity contribution >= 4 is 29.9 Å². The molecular weight excluding hydrogens is 342 g/mol. The molecule has 0 bridgehead atoms. The molecule has 2 atom stereocenters. The number of hydrogen-bond acceptors (Lipinski definition) is 4. The lowest BCUT2D eigenvalue weighted by atomic mass is 9.98. The number of carbonyl (C=O) groups is 2. The smallest absolute Gasteiger partial charge is 0.228 e. The van der Waals surface area contributed by atoms with E-state index in [1.807, 2.05) is 29.2 Å². The molecule has 25 heavy (non-hydrogen) atoms. The van der Waals surface area contributed by atoms with Gasteiger partial charge in [0.1, 0.15) is 5.75 Å². The second kappa shape index (κ2) is 8.54. The second-order valence-corrected chi connectivity index (χ2v) is 6.52. The molecular formula is C18H26ClN3O3. The van der Waals surface area contributed by atoms with Crippen molar-refractivity contribution in [1.82, 2.24) is 4.90 Å². The number of nitrogens with zero attached hydrogens (tertiary/aromatic N) is 2. The number of rotatable bonds is 4. The SMILES string of the molecule is COc1ccc(N2CC(C(=O)N3CCCCC3CN)CC2=O)cc1.Cl. The summed E-state index contributed by atoms with van der Waals surface area (Å²) in [6.07, 6.45) is 3.38. The monoisotopic (exact) mass is 367 g/mol. The van der Waals surface area contributed by atoms with E-state index in [1.54, 1.807) is 12.0 Å². The summed E-state index contributed by atoms with van der Waals surface area (Å²) in [6, 6.07) is 7.48. The maximum absolute atomic E-state index is 12.9. The van der Waals surface area contributed by atoms with Gasteiger partial charge < -0.3 is 20.3 Å². The molecule has 2 N–H and O–H groups in total. The third-order valence-electron chi connectivity index (χ3n) is 5.04. The number of likely N-dealkylation sites (tertiary alicyclic amines) is 1. The quantitative estimate of drug-likeness (QED) is 0.880. The molecule has 0 aromatic heterocycles. The number of amides is 2. The van der Waals surface area contributed by atoms with Gasteiger partial charge in [-0.25, -0.2) is 0 Å². The van der Waals surface area contributed by atoms with Crippen LogP contribution in [0, 0.1) is 5.92 Å². The van der Waals surface area contributed by atoms with E-state index < -0.39 is 0 Å². The molecule has 138 valence electrons. The van der Waals surface area contributed by atoms with Crippen molar-refractivity contribution in [3.63, 3.8) is 0 Å². The van der Waals surface area contributed by atoms with E-state index in [9.17, 15) is 9.59 Å². The summed E-state index contributed by atoms with van der Waals surface area (Å²) in [5, 5.41) is 0. The third-order valence-corrected chi connectivity index (χ3v) is 5.04. The molecule has 1 aromatic rings. The Balaban J connectivity index is 0.00000225. The number of hydrogen-bond donors (Lipinski definition) is 1. The Morgan fingerprint density at radius 2 is 2.00 bits per heavy atom. The summed E-state index contributed by atoms with van der Waals surface area (Å²) < 4.78 is 5.15. The highest BCUT2D eigenvalue weighted by Crippen LogP contribution is 2.29. The number of anilines is 1. The topological polar surface area (TPSA) is 75.9 Å². The molecule has 0 saturated carbocycles. The van der Waals surface area contributed by atoms with E-state index in [1.165, 1.54) is 0 Å². The molecule has 0 radical (unpaired) electrons. The van der Waals surface area contributed by atoms with Gasteiger partial charge in [0.2, 0.25) is 11.8 Å². The maximum Gasteiger partial charge on any atom is 0.228 e. The Labute approximate surface area is 154 Å². The predicted octanol–water partition coefficient (Wildman–Crippen LogP) is 1.81. The molecule has 1 aromatic carbocycles. The van der Waals surface area contributed by atoms with Crippen molar-refractivity contribution in [3.8, 4) is 5.75 Å².